The van der Waals surface area contributed by atoms with Gasteiger partial charge >= 0.3 is 5.63 Å². The average Bonchev–Trinajstić information content (AvgIpc) is 2.31. The van der Waals surface area contributed by atoms with Gasteiger partial charge in [-0.25, -0.2) is 23.3 Å². The SMILES string of the molecule is NS(=O)(=O)c1ccccn1.O=c1cccco1. The van der Waals surface area contributed by atoms with Crippen molar-refractivity contribution in [3.63, 3.8) is 0 Å². The second-order valence-electron chi connectivity index (χ2n) is 2.84. The van der Waals surface area contributed by atoms with Gasteiger partial charge in [0.2, 0.25) is 0 Å². The predicted molar refractivity (Wildman–Crippen MR) is 60.6 cm³/mol. The first-order valence-electron chi connectivity index (χ1n) is 4.48. The van der Waals surface area contributed by atoms with E-state index in [9.17, 15) is 13.2 Å². The van der Waals surface area contributed by atoms with E-state index in [1.165, 1.54) is 24.6 Å². The van der Waals surface area contributed by atoms with Crippen molar-refractivity contribution in [3.05, 3.63) is 59.3 Å². The van der Waals surface area contributed by atoms with Crippen LogP contribution in [0.4, 0.5) is 0 Å². The van der Waals surface area contributed by atoms with Crippen LogP contribution in [0.1, 0.15) is 0 Å². The van der Waals surface area contributed by atoms with Gasteiger partial charge in [-0.1, -0.05) is 12.1 Å². The molecule has 0 unspecified atom stereocenters. The summed E-state index contributed by atoms with van der Waals surface area (Å²) >= 11 is 0. The van der Waals surface area contributed by atoms with E-state index in [1.807, 2.05) is 0 Å². The van der Waals surface area contributed by atoms with Crippen molar-refractivity contribution in [3.8, 4) is 0 Å². The predicted octanol–water partition coefficient (Wildman–Crippen LogP) is 0.369. The molecule has 0 saturated carbocycles. The normalized spacial score (nSPS) is 10.2. The van der Waals surface area contributed by atoms with E-state index in [-0.39, 0.29) is 10.7 Å². The minimum atomic E-state index is -3.61. The molecule has 0 fully saturated rings. The number of nitrogens with zero attached hydrogens (tertiary/aromatic N) is 1. The molecule has 2 aromatic rings. The number of hydrogen-bond donors (Lipinski definition) is 1. The van der Waals surface area contributed by atoms with Crippen molar-refractivity contribution in [2.75, 3.05) is 0 Å². The Morgan fingerprint density at radius 2 is 1.82 bits per heavy atom. The second-order valence-corrected chi connectivity index (χ2v) is 4.35. The van der Waals surface area contributed by atoms with Crippen LogP contribution >= 0.6 is 0 Å². The molecule has 0 bridgehead atoms. The maximum atomic E-state index is 10.5. The molecule has 2 rings (SSSR count). The number of primary sulfonamides is 1. The maximum absolute atomic E-state index is 10.5. The zero-order chi connectivity index (χ0) is 12.7. The van der Waals surface area contributed by atoms with E-state index in [1.54, 1.807) is 24.3 Å². The largest absolute Gasteiger partial charge is 0.431 e. The van der Waals surface area contributed by atoms with Gasteiger partial charge in [-0.3, -0.25) is 0 Å². The molecule has 0 aliphatic carbocycles. The Hall–Kier alpha value is -1.99. The molecular formula is C10H10N2O4S. The van der Waals surface area contributed by atoms with Crippen LogP contribution in [-0.4, -0.2) is 13.4 Å². The standard InChI is InChI=1S/C5H6N2O2S.C5H4O2/c6-10(8,9)5-3-1-2-4-7-5;6-5-3-1-2-4-7-5/h1-4H,(H2,6,8,9);1-4H. The van der Waals surface area contributed by atoms with Crippen molar-refractivity contribution in [2.45, 2.75) is 5.03 Å². The summed E-state index contributed by atoms with van der Waals surface area (Å²) in [6.07, 6.45) is 2.72. The smallest absolute Gasteiger partial charge is 0.335 e. The molecule has 7 heteroatoms. The van der Waals surface area contributed by atoms with E-state index in [4.69, 9.17) is 5.14 Å². The van der Waals surface area contributed by atoms with Crippen LogP contribution in [-0.2, 0) is 10.0 Å². The Kier molecular flexibility index (Phi) is 4.56. The van der Waals surface area contributed by atoms with E-state index in [2.05, 4.69) is 9.40 Å². The summed E-state index contributed by atoms with van der Waals surface area (Å²) in [6.45, 7) is 0. The monoisotopic (exact) mass is 254 g/mol. The molecule has 2 heterocycles. The van der Waals surface area contributed by atoms with Crippen LogP contribution in [0.3, 0.4) is 0 Å². The molecular weight excluding hydrogens is 244 g/mol. The van der Waals surface area contributed by atoms with Gasteiger partial charge in [0.15, 0.2) is 5.03 Å². The van der Waals surface area contributed by atoms with E-state index in [0.29, 0.717) is 0 Å². The number of nitrogens with two attached hydrogens (primary N) is 1. The van der Waals surface area contributed by atoms with Gasteiger partial charge in [-0.2, -0.15) is 0 Å². The highest BCUT2D eigenvalue weighted by molar-refractivity contribution is 7.89. The molecule has 0 amide bonds. The summed E-state index contributed by atoms with van der Waals surface area (Å²) < 4.78 is 25.5. The van der Waals surface area contributed by atoms with Crippen molar-refractivity contribution in [2.24, 2.45) is 5.14 Å². The highest BCUT2D eigenvalue weighted by atomic mass is 32.2. The van der Waals surface area contributed by atoms with Crippen LogP contribution in [0.5, 0.6) is 0 Å². The van der Waals surface area contributed by atoms with Crippen LogP contribution in [0.25, 0.3) is 0 Å². The van der Waals surface area contributed by atoms with E-state index in [0.717, 1.165) is 0 Å². The molecule has 0 saturated heterocycles. The Morgan fingerprint density at radius 1 is 1.12 bits per heavy atom. The first-order chi connectivity index (χ1) is 8.00. The lowest BCUT2D eigenvalue weighted by atomic mass is 10.5. The first-order valence-corrected chi connectivity index (χ1v) is 6.02. The molecule has 0 aliphatic heterocycles. The Morgan fingerprint density at radius 3 is 2.12 bits per heavy atom. The second kappa shape index (κ2) is 5.92. The summed E-state index contributed by atoms with van der Waals surface area (Å²) in [5, 5.41) is 4.66. The van der Waals surface area contributed by atoms with Crippen LogP contribution in [0, 0.1) is 0 Å². The van der Waals surface area contributed by atoms with Crippen LogP contribution in [0.2, 0.25) is 0 Å². The van der Waals surface area contributed by atoms with Crippen molar-refractivity contribution >= 4 is 10.0 Å². The van der Waals surface area contributed by atoms with Gasteiger partial charge in [-0.15, -0.1) is 0 Å². The third-order valence-corrected chi connectivity index (χ3v) is 2.36. The fourth-order valence-electron chi connectivity index (χ4n) is 0.841. The zero-order valence-corrected chi connectivity index (χ0v) is 9.50. The van der Waals surface area contributed by atoms with E-state index >= 15 is 0 Å². The van der Waals surface area contributed by atoms with Gasteiger partial charge in [0.1, 0.15) is 0 Å². The minimum Gasteiger partial charge on any atom is -0.431 e. The highest BCUT2D eigenvalue weighted by Gasteiger charge is 2.05. The lowest BCUT2D eigenvalue weighted by molar-refractivity contribution is 0.510. The summed E-state index contributed by atoms with van der Waals surface area (Å²) in [6, 6.07) is 9.17. The Labute approximate surface area is 97.8 Å². The summed E-state index contributed by atoms with van der Waals surface area (Å²) in [5.74, 6) is 0. The Balaban J connectivity index is 0.000000181. The molecule has 6 nitrogen and oxygen atoms in total. The van der Waals surface area contributed by atoms with Gasteiger partial charge in [0, 0.05) is 12.3 Å². The zero-order valence-electron chi connectivity index (χ0n) is 8.68. The first kappa shape index (κ1) is 13.1. The lowest BCUT2D eigenvalue weighted by Crippen LogP contribution is -2.13. The molecule has 0 atom stereocenters. The molecule has 0 aliphatic rings. The molecule has 0 spiro atoms. The summed E-state index contributed by atoms with van der Waals surface area (Å²) in [7, 11) is -3.61. The Bertz CT molecular complexity index is 590. The molecule has 0 aromatic carbocycles. The van der Waals surface area contributed by atoms with Gasteiger partial charge in [0.05, 0.1) is 6.26 Å². The number of pyridine rings is 1. The number of rotatable bonds is 1. The molecule has 0 radical (unpaired) electrons. The number of hydrogen-bond acceptors (Lipinski definition) is 5. The van der Waals surface area contributed by atoms with Crippen molar-refractivity contribution in [1.29, 1.82) is 0 Å². The fourth-order valence-corrected chi connectivity index (χ4v) is 1.32. The third-order valence-electron chi connectivity index (χ3n) is 1.54. The molecule has 17 heavy (non-hydrogen) atoms. The average molecular weight is 254 g/mol. The van der Waals surface area contributed by atoms with Crippen molar-refractivity contribution < 1.29 is 12.8 Å². The third kappa shape index (κ3) is 5.05. The molecule has 2 N–H and O–H groups in total. The fraction of sp³-hybridized carbons (Fsp3) is 0. The highest BCUT2D eigenvalue weighted by Crippen LogP contribution is 1.98. The summed E-state index contributed by atoms with van der Waals surface area (Å²) in [4.78, 5) is 13.6. The topological polar surface area (TPSA) is 103 Å². The minimum absolute atomic E-state index is 0.102. The lowest BCUT2D eigenvalue weighted by Gasteiger charge is -1.92. The maximum Gasteiger partial charge on any atom is 0.335 e. The van der Waals surface area contributed by atoms with Crippen LogP contribution in [0.15, 0.2) is 63.1 Å². The van der Waals surface area contributed by atoms with Gasteiger partial charge in [0.25, 0.3) is 10.0 Å². The molecule has 2 aromatic heterocycles. The van der Waals surface area contributed by atoms with Crippen LogP contribution < -0.4 is 10.8 Å². The van der Waals surface area contributed by atoms with Gasteiger partial charge < -0.3 is 4.42 Å². The van der Waals surface area contributed by atoms with Gasteiger partial charge in [-0.05, 0) is 18.2 Å². The number of aromatic nitrogens is 1. The molecule has 90 valence electrons. The van der Waals surface area contributed by atoms with Crippen molar-refractivity contribution in [1.82, 2.24) is 4.98 Å². The van der Waals surface area contributed by atoms with E-state index < -0.39 is 10.0 Å². The quantitative estimate of drug-likeness (QED) is 0.791. The summed E-state index contributed by atoms with van der Waals surface area (Å²) in [5.41, 5.74) is -0.303. The number of sulfonamides is 1.